The van der Waals surface area contributed by atoms with E-state index in [1.54, 1.807) is 6.92 Å². The minimum absolute atomic E-state index is 0.0603. The Morgan fingerprint density at radius 1 is 1.25 bits per heavy atom. The molecule has 0 aliphatic rings. The van der Waals surface area contributed by atoms with Gasteiger partial charge in [0.05, 0.1) is 11.8 Å². The molecule has 0 saturated carbocycles. The average Bonchev–Trinajstić information content (AvgIpc) is 2.84. The van der Waals surface area contributed by atoms with E-state index < -0.39 is 17.3 Å². The van der Waals surface area contributed by atoms with Crippen LogP contribution < -0.4 is 5.56 Å². The van der Waals surface area contributed by atoms with Crippen LogP contribution in [0.5, 0.6) is 0 Å². The molecule has 3 aromatic rings. The molecule has 0 fully saturated rings. The Kier molecular flexibility index (Phi) is 2.79. The highest BCUT2D eigenvalue weighted by Crippen LogP contribution is 2.22. The van der Waals surface area contributed by atoms with Crippen molar-refractivity contribution in [3.63, 3.8) is 0 Å². The lowest BCUT2D eigenvalue weighted by Crippen LogP contribution is -2.23. The zero-order chi connectivity index (χ0) is 14.4. The molecule has 102 valence electrons. The van der Waals surface area contributed by atoms with Gasteiger partial charge in [-0.05, 0) is 24.6 Å². The molecule has 1 aromatic carbocycles. The Morgan fingerprint density at radius 2 is 2.00 bits per heavy atom. The van der Waals surface area contributed by atoms with Gasteiger partial charge in [-0.1, -0.05) is 11.6 Å². The molecule has 8 heteroatoms. The molecule has 0 spiro atoms. The molecule has 0 amide bonds. The summed E-state index contributed by atoms with van der Waals surface area (Å²) in [6, 6.07) is 3.20. The maximum absolute atomic E-state index is 14.0. The van der Waals surface area contributed by atoms with Crippen LogP contribution in [0.4, 0.5) is 8.78 Å². The Labute approximate surface area is 116 Å². The van der Waals surface area contributed by atoms with E-state index in [1.807, 2.05) is 0 Å². The first-order valence-electron chi connectivity index (χ1n) is 5.56. The van der Waals surface area contributed by atoms with E-state index in [2.05, 4.69) is 10.1 Å². The van der Waals surface area contributed by atoms with Crippen LogP contribution >= 0.6 is 11.6 Å². The summed E-state index contributed by atoms with van der Waals surface area (Å²) in [7, 11) is 0. The van der Waals surface area contributed by atoms with E-state index in [0.717, 1.165) is 21.5 Å². The van der Waals surface area contributed by atoms with E-state index in [4.69, 9.17) is 11.6 Å². The number of rotatable bonds is 1. The monoisotopic (exact) mass is 296 g/mol. The molecule has 20 heavy (non-hydrogen) atoms. The molecule has 2 aromatic heterocycles. The summed E-state index contributed by atoms with van der Waals surface area (Å²) in [4.78, 5) is 15.7. The Morgan fingerprint density at radius 3 is 2.75 bits per heavy atom. The van der Waals surface area contributed by atoms with Crippen molar-refractivity contribution in [2.24, 2.45) is 0 Å². The van der Waals surface area contributed by atoms with Crippen molar-refractivity contribution in [1.82, 2.24) is 19.2 Å². The number of benzene rings is 1. The summed E-state index contributed by atoms with van der Waals surface area (Å²) in [5.41, 5.74) is -0.226. The van der Waals surface area contributed by atoms with Crippen LogP contribution in [0.25, 0.3) is 11.5 Å². The lowest BCUT2D eigenvalue weighted by molar-refractivity contribution is 0.532. The molecule has 0 aliphatic heterocycles. The minimum Gasteiger partial charge on any atom is -0.269 e. The average molecular weight is 297 g/mol. The van der Waals surface area contributed by atoms with Gasteiger partial charge in [0.2, 0.25) is 11.7 Å². The number of aromatic nitrogens is 4. The predicted molar refractivity (Wildman–Crippen MR) is 68.2 cm³/mol. The fourth-order valence-corrected chi connectivity index (χ4v) is 2.05. The van der Waals surface area contributed by atoms with Crippen LogP contribution in [0.15, 0.2) is 29.3 Å². The standard InChI is InChI=1S/C12H7ClF2N4O/c1-6-2-9(8(14)3-7(6)13)18-11(20)4-10(15)19-12(18)16-5-17-19/h2-5H,1H3. The molecule has 0 radical (unpaired) electrons. The highest BCUT2D eigenvalue weighted by atomic mass is 35.5. The van der Waals surface area contributed by atoms with Crippen molar-refractivity contribution in [1.29, 1.82) is 0 Å². The predicted octanol–water partition coefficient (Wildman–Crippen LogP) is 2.12. The van der Waals surface area contributed by atoms with Gasteiger partial charge < -0.3 is 0 Å². The Balaban J connectivity index is 2.44. The molecule has 2 heterocycles. The fraction of sp³-hybridized carbons (Fsp3) is 0.0833. The van der Waals surface area contributed by atoms with E-state index >= 15 is 0 Å². The Hall–Kier alpha value is -2.28. The summed E-state index contributed by atoms with van der Waals surface area (Å²) >= 11 is 5.81. The number of hydrogen-bond acceptors (Lipinski definition) is 3. The van der Waals surface area contributed by atoms with Crippen molar-refractivity contribution < 1.29 is 8.78 Å². The zero-order valence-electron chi connectivity index (χ0n) is 10.1. The summed E-state index contributed by atoms with van der Waals surface area (Å²) in [5.74, 6) is -1.69. The molecule has 0 bridgehead atoms. The highest BCUT2D eigenvalue weighted by Gasteiger charge is 2.16. The minimum atomic E-state index is -0.871. The van der Waals surface area contributed by atoms with Gasteiger partial charge in [0.25, 0.3) is 5.56 Å². The maximum Gasteiger partial charge on any atom is 0.262 e. The molecule has 3 rings (SSSR count). The topological polar surface area (TPSA) is 52.2 Å². The van der Waals surface area contributed by atoms with E-state index in [1.165, 1.54) is 6.07 Å². The third-order valence-electron chi connectivity index (χ3n) is 2.86. The number of fused-ring (bicyclic) bond motifs is 1. The fourth-order valence-electron chi connectivity index (χ4n) is 1.90. The number of nitrogens with zero attached hydrogens (tertiary/aromatic N) is 4. The van der Waals surface area contributed by atoms with Gasteiger partial charge in [-0.3, -0.25) is 4.79 Å². The normalized spacial score (nSPS) is 11.2. The van der Waals surface area contributed by atoms with Gasteiger partial charge in [-0.25, -0.2) is 8.96 Å². The molecule has 0 unspecified atom stereocenters. The van der Waals surface area contributed by atoms with Crippen LogP contribution in [-0.4, -0.2) is 19.2 Å². The van der Waals surface area contributed by atoms with Crippen LogP contribution in [0, 0.1) is 18.7 Å². The van der Waals surface area contributed by atoms with Gasteiger partial charge in [0, 0.05) is 5.02 Å². The van der Waals surface area contributed by atoms with Gasteiger partial charge >= 0.3 is 0 Å². The van der Waals surface area contributed by atoms with Crippen molar-refractivity contribution >= 4 is 17.4 Å². The molecular weight excluding hydrogens is 290 g/mol. The third-order valence-corrected chi connectivity index (χ3v) is 3.27. The summed E-state index contributed by atoms with van der Waals surface area (Å²) < 4.78 is 29.3. The smallest absolute Gasteiger partial charge is 0.262 e. The summed E-state index contributed by atoms with van der Waals surface area (Å²) in [6.07, 6.45) is 1.08. The van der Waals surface area contributed by atoms with E-state index in [9.17, 15) is 13.6 Å². The second-order valence-electron chi connectivity index (χ2n) is 4.17. The van der Waals surface area contributed by atoms with Gasteiger partial charge in [-0.2, -0.15) is 19.0 Å². The second-order valence-corrected chi connectivity index (χ2v) is 4.57. The first-order chi connectivity index (χ1) is 9.49. The zero-order valence-corrected chi connectivity index (χ0v) is 10.9. The van der Waals surface area contributed by atoms with Gasteiger partial charge in [0.15, 0.2) is 0 Å². The number of aryl methyl sites for hydroxylation is 1. The Bertz CT molecular complexity index is 887. The maximum atomic E-state index is 14.0. The molecular formula is C12H7ClF2N4O. The van der Waals surface area contributed by atoms with Crippen molar-refractivity contribution in [3.8, 4) is 5.69 Å². The highest BCUT2D eigenvalue weighted by molar-refractivity contribution is 6.31. The van der Waals surface area contributed by atoms with E-state index in [0.29, 0.717) is 11.6 Å². The van der Waals surface area contributed by atoms with Crippen LogP contribution in [0.3, 0.4) is 0 Å². The van der Waals surface area contributed by atoms with Crippen LogP contribution in [0.2, 0.25) is 5.02 Å². The molecule has 5 nitrogen and oxygen atoms in total. The largest absolute Gasteiger partial charge is 0.269 e. The first-order valence-corrected chi connectivity index (χ1v) is 5.94. The van der Waals surface area contributed by atoms with Crippen LogP contribution in [0.1, 0.15) is 5.56 Å². The number of halogens is 3. The lowest BCUT2D eigenvalue weighted by Gasteiger charge is -2.10. The third kappa shape index (κ3) is 1.78. The van der Waals surface area contributed by atoms with Gasteiger partial charge in [0.1, 0.15) is 12.1 Å². The molecule has 0 saturated heterocycles. The van der Waals surface area contributed by atoms with E-state index in [-0.39, 0.29) is 16.5 Å². The van der Waals surface area contributed by atoms with Crippen molar-refractivity contribution in [2.75, 3.05) is 0 Å². The molecule has 0 N–H and O–H groups in total. The van der Waals surface area contributed by atoms with Gasteiger partial charge in [-0.15, -0.1) is 0 Å². The molecule has 0 aliphatic carbocycles. The van der Waals surface area contributed by atoms with Crippen LogP contribution in [-0.2, 0) is 0 Å². The SMILES string of the molecule is Cc1cc(-n2c(=O)cc(F)n3ncnc23)c(F)cc1Cl. The van der Waals surface area contributed by atoms with Crippen molar-refractivity contribution in [2.45, 2.75) is 6.92 Å². The second kappa shape index (κ2) is 4.38. The molecule has 0 atom stereocenters. The lowest BCUT2D eigenvalue weighted by atomic mass is 10.2. The summed E-state index contributed by atoms with van der Waals surface area (Å²) in [6.45, 7) is 1.67. The summed E-state index contributed by atoms with van der Waals surface area (Å²) in [5, 5.41) is 3.87. The van der Waals surface area contributed by atoms with Crippen molar-refractivity contribution in [3.05, 3.63) is 57.2 Å². The quantitative estimate of drug-likeness (QED) is 0.646. The first kappa shape index (κ1) is 12.7. The number of hydrogen-bond donors (Lipinski definition) is 0.